The summed E-state index contributed by atoms with van der Waals surface area (Å²) in [6.45, 7) is 8.58. The second-order valence-electron chi connectivity index (χ2n) is 6.42. The minimum atomic E-state index is -0.497. The van der Waals surface area contributed by atoms with Gasteiger partial charge in [-0.3, -0.25) is 4.79 Å². The van der Waals surface area contributed by atoms with Gasteiger partial charge in [0.25, 0.3) is 5.91 Å². The lowest BCUT2D eigenvalue weighted by atomic mass is 10.1. The molecule has 0 heterocycles. The fourth-order valence-electron chi connectivity index (χ4n) is 2.64. The van der Waals surface area contributed by atoms with E-state index in [-0.39, 0.29) is 5.91 Å². The van der Waals surface area contributed by atoms with Crippen LogP contribution in [0.15, 0.2) is 42.5 Å². The van der Waals surface area contributed by atoms with E-state index < -0.39 is 6.10 Å². The second-order valence-corrected chi connectivity index (χ2v) is 7.52. The van der Waals surface area contributed by atoms with Crippen LogP contribution in [0.3, 0.4) is 0 Å². The number of ether oxygens (including phenoxy) is 1. The number of carbonyl (C=O) groups is 1. The lowest BCUT2D eigenvalue weighted by Gasteiger charge is -2.15. The summed E-state index contributed by atoms with van der Waals surface area (Å²) in [4.78, 5) is 12.1. The van der Waals surface area contributed by atoms with Gasteiger partial charge in [-0.15, -0.1) is 0 Å². The predicted octanol–water partition coefficient (Wildman–Crippen LogP) is 4.43. The molecule has 1 N–H and O–H groups in total. The van der Waals surface area contributed by atoms with E-state index in [1.54, 1.807) is 6.92 Å². The maximum atomic E-state index is 12.1. The van der Waals surface area contributed by atoms with Gasteiger partial charge in [0.05, 0.1) is 0 Å². The minimum absolute atomic E-state index is 0.0738. The van der Waals surface area contributed by atoms with E-state index >= 15 is 0 Å². The molecule has 0 radical (unpaired) electrons. The molecule has 1 atom stereocenters. The fourth-order valence-corrected chi connectivity index (χ4v) is 3.45. The number of carbonyl (C=O) groups excluding carboxylic acids is 1. The van der Waals surface area contributed by atoms with Crippen LogP contribution < -0.4 is 10.1 Å². The van der Waals surface area contributed by atoms with Gasteiger partial charge in [0.15, 0.2) is 6.10 Å². The molecule has 134 valence electrons. The van der Waals surface area contributed by atoms with Gasteiger partial charge >= 0.3 is 0 Å². The lowest BCUT2D eigenvalue weighted by Crippen LogP contribution is -2.37. The van der Waals surface area contributed by atoms with Crippen molar-refractivity contribution in [1.29, 1.82) is 0 Å². The molecule has 0 aliphatic rings. The molecule has 1 amide bonds. The third-order valence-corrected chi connectivity index (χ3v) is 4.80. The van der Waals surface area contributed by atoms with Gasteiger partial charge < -0.3 is 10.1 Å². The molecule has 25 heavy (non-hydrogen) atoms. The lowest BCUT2D eigenvalue weighted by molar-refractivity contribution is -0.127. The number of nitrogens with one attached hydrogen (secondary N) is 1. The van der Waals surface area contributed by atoms with Crippen molar-refractivity contribution < 1.29 is 9.53 Å². The van der Waals surface area contributed by atoms with Crippen molar-refractivity contribution in [2.24, 2.45) is 0 Å². The van der Waals surface area contributed by atoms with Crippen molar-refractivity contribution in [2.45, 2.75) is 39.6 Å². The normalized spacial score (nSPS) is 11.8. The van der Waals surface area contributed by atoms with Gasteiger partial charge in [-0.1, -0.05) is 35.9 Å². The molecule has 0 spiro atoms. The van der Waals surface area contributed by atoms with Crippen molar-refractivity contribution in [1.82, 2.24) is 5.32 Å². The van der Waals surface area contributed by atoms with Crippen LogP contribution >= 0.6 is 11.8 Å². The second kappa shape index (κ2) is 9.52. The SMILES string of the molecule is Cc1cccc(CSCCNC(=O)[C@@H](C)Oc2cc(C)cc(C)c2)c1. The molecule has 0 saturated carbocycles. The highest BCUT2D eigenvalue weighted by Gasteiger charge is 2.14. The van der Waals surface area contributed by atoms with Gasteiger partial charge in [-0.25, -0.2) is 0 Å². The van der Waals surface area contributed by atoms with Crippen LogP contribution in [0.2, 0.25) is 0 Å². The molecule has 2 aromatic carbocycles. The van der Waals surface area contributed by atoms with Gasteiger partial charge in [0.1, 0.15) is 5.75 Å². The number of hydrogen-bond acceptors (Lipinski definition) is 3. The molecule has 0 aromatic heterocycles. The largest absolute Gasteiger partial charge is 0.481 e. The topological polar surface area (TPSA) is 38.3 Å². The molecule has 3 nitrogen and oxygen atoms in total. The number of rotatable bonds is 8. The summed E-state index contributed by atoms with van der Waals surface area (Å²) in [6.07, 6.45) is -0.497. The summed E-state index contributed by atoms with van der Waals surface area (Å²) in [7, 11) is 0. The molecule has 0 bridgehead atoms. The van der Waals surface area contributed by atoms with Crippen LogP contribution in [0.25, 0.3) is 0 Å². The van der Waals surface area contributed by atoms with E-state index in [1.807, 2.05) is 37.7 Å². The van der Waals surface area contributed by atoms with Crippen LogP contribution in [0.1, 0.15) is 29.2 Å². The molecule has 2 rings (SSSR count). The summed E-state index contributed by atoms with van der Waals surface area (Å²) in [5.41, 5.74) is 4.87. The summed E-state index contributed by atoms with van der Waals surface area (Å²) >= 11 is 1.82. The number of benzene rings is 2. The Balaban J connectivity index is 1.69. The molecule has 0 fully saturated rings. The Bertz CT molecular complexity index is 695. The van der Waals surface area contributed by atoms with Gasteiger partial charge in [-0.05, 0) is 56.5 Å². The molecule has 0 saturated heterocycles. The Morgan fingerprint density at radius 1 is 1.08 bits per heavy atom. The third-order valence-electron chi connectivity index (χ3n) is 3.77. The third kappa shape index (κ3) is 6.83. The average molecular weight is 358 g/mol. The average Bonchev–Trinajstić information content (AvgIpc) is 2.53. The van der Waals surface area contributed by atoms with E-state index in [9.17, 15) is 4.79 Å². The Labute approximate surface area is 155 Å². The van der Waals surface area contributed by atoms with E-state index in [0.29, 0.717) is 6.54 Å². The molecule has 0 unspecified atom stereocenters. The zero-order valence-corrected chi connectivity index (χ0v) is 16.3. The molecule has 0 aliphatic heterocycles. The van der Waals surface area contributed by atoms with E-state index in [0.717, 1.165) is 28.4 Å². The van der Waals surface area contributed by atoms with Crippen molar-refractivity contribution >= 4 is 17.7 Å². The summed E-state index contributed by atoms with van der Waals surface area (Å²) in [6, 6.07) is 14.5. The monoisotopic (exact) mass is 357 g/mol. The van der Waals surface area contributed by atoms with E-state index in [1.165, 1.54) is 11.1 Å². The predicted molar refractivity (Wildman–Crippen MR) is 106 cm³/mol. The van der Waals surface area contributed by atoms with Crippen molar-refractivity contribution in [2.75, 3.05) is 12.3 Å². The summed E-state index contributed by atoms with van der Waals surface area (Å²) in [5.74, 6) is 2.52. The Kier molecular flexibility index (Phi) is 7.38. The van der Waals surface area contributed by atoms with Gasteiger partial charge in [0, 0.05) is 18.1 Å². The highest BCUT2D eigenvalue weighted by atomic mass is 32.2. The fraction of sp³-hybridized carbons (Fsp3) is 0.381. The minimum Gasteiger partial charge on any atom is -0.481 e. The van der Waals surface area contributed by atoms with Crippen molar-refractivity contribution in [3.63, 3.8) is 0 Å². The van der Waals surface area contributed by atoms with Crippen LogP contribution in [0.4, 0.5) is 0 Å². The zero-order chi connectivity index (χ0) is 18.2. The van der Waals surface area contributed by atoms with Crippen LogP contribution in [0.5, 0.6) is 5.75 Å². The molecule has 2 aromatic rings. The summed E-state index contributed by atoms with van der Waals surface area (Å²) in [5, 5.41) is 2.94. The van der Waals surface area contributed by atoms with Crippen molar-refractivity contribution in [3.05, 3.63) is 64.7 Å². The van der Waals surface area contributed by atoms with Crippen LogP contribution in [-0.4, -0.2) is 24.3 Å². The van der Waals surface area contributed by atoms with E-state index in [2.05, 4.69) is 42.6 Å². The maximum absolute atomic E-state index is 12.1. The standard InChI is InChI=1S/C21H27NO2S/c1-15-6-5-7-19(11-15)14-25-9-8-22-21(23)18(4)24-20-12-16(2)10-17(3)13-20/h5-7,10-13,18H,8-9,14H2,1-4H3,(H,22,23)/t18-/m1/s1. The quantitative estimate of drug-likeness (QED) is 0.710. The van der Waals surface area contributed by atoms with E-state index in [4.69, 9.17) is 4.74 Å². The molecule has 0 aliphatic carbocycles. The smallest absolute Gasteiger partial charge is 0.260 e. The molecule has 4 heteroatoms. The first kappa shape index (κ1) is 19.4. The van der Waals surface area contributed by atoms with Crippen LogP contribution in [-0.2, 0) is 10.5 Å². The highest BCUT2D eigenvalue weighted by Crippen LogP contribution is 2.17. The molecular weight excluding hydrogens is 330 g/mol. The summed E-state index contributed by atoms with van der Waals surface area (Å²) < 4.78 is 5.76. The number of aryl methyl sites for hydroxylation is 3. The molecular formula is C21H27NO2S. The first-order valence-electron chi connectivity index (χ1n) is 8.60. The number of amides is 1. The Hall–Kier alpha value is -1.94. The first-order valence-corrected chi connectivity index (χ1v) is 9.75. The van der Waals surface area contributed by atoms with Gasteiger partial charge in [-0.2, -0.15) is 11.8 Å². The Morgan fingerprint density at radius 2 is 1.80 bits per heavy atom. The van der Waals surface area contributed by atoms with Gasteiger partial charge in [0.2, 0.25) is 0 Å². The maximum Gasteiger partial charge on any atom is 0.260 e. The Morgan fingerprint density at radius 3 is 2.48 bits per heavy atom. The highest BCUT2D eigenvalue weighted by molar-refractivity contribution is 7.98. The zero-order valence-electron chi connectivity index (χ0n) is 15.5. The number of hydrogen-bond donors (Lipinski definition) is 1. The van der Waals surface area contributed by atoms with Crippen LogP contribution in [0, 0.1) is 20.8 Å². The number of thioether (sulfide) groups is 1. The first-order chi connectivity index (χ1) is 11.9. The van der Waals surface area contributed by atoms with Crippen molar-refractivity contribution in [3.8, 4) is 5.75 Å².